The lowest BCUT2D eigenvalue weighted by molar-refractivity contribution is 0.381. The third-order valence-electron chi connectivity index (χ3n) is 2.82. The lowest BCUT2D eigenvalue weighted by Gasteiger charge is -2.30. The summed E-state index contributed by atoms with van der Waals surface area (Å²) in [6.07, 6.45) is 3.29. The van der Waals surface area contributed by atoms with Crippen LogP contribution in [0.15, 0.2) is 6.20 Å². The standard InChI is InChI=1S/C10H17N3/c1-4-9-7(2)5-13-6-8(3)11-10(13)12-9/h6-7,9H,4-5H2,1-3H3,(H,11,12). The van der Waals surface area contributed by atoms with E-state index in [1.165, 1.54) is 6.42 Å². The second-order valence-corrected chi connectivity index (χ2v) is 3.99. The molecule has 0 fully saturated rings. The fraction of sp³-hybridized carbons (Fsp3) is 0.700. The number of rotatable bonds is 1. The summed E-state index contributed by atoms with van der Waals surface area (Å²) in [6.45, 7) is 7.65. The van der Waals surface area contributed by atoms with Crippen LogP contribution >= 0.6 is 0 Å². The van der Waals surface area contributed by atoms with Crippen LogP contribution in [0.2, 0.25) is 0 Å². The number of aromatic nitrogens is 2. The van der Waals surface area contributed by atoms with Gasteiger partial charge in [-0.3, -0.25) is 0 Å². The third-order valence-corrected chi connectivity index (χ3v) is 2.82. The van der Waals surface area contributed by atoms with Crippen molar-refractivity contribution in [1.29, 1.82) is 0 Å². The molecule has 2 atom stereocenters. The second-order valence-electron chi connectivity index (χ2n) is 3.99. The van der Waals surface area contributed by atoms with E-state index in [4.69, 9.17) is 0 Å². The molecule has 1 N–H and O–H groups in total. The summed E-state index contributed by atoms with van der Waals surface area (Å²) in [7, 11) is 0. The van der Waals surface area contributed by atoms with Crippen LogP contribution in [-0.2, 0) is 6.54 Å². The van der Waals surface area contributed by atoms with Crippen molar-refractivity contribution in [1.82, 2.24) is 9.55 Å². The van der Waals surface area contributed by atoms with E-state index in [1.54, 1.807) is 0 Å². The number of hydrogen-bond acceptors (Lipinski definition) is 2. The van der Waals surface area contributed by atoms with Gasteiger partial charge in [-0.1, -0.05) is 13.8 Å². The minimum absolute atomic E-state index is 0.592. The Balaban J connectivity index is 2.27. The Labute approximate surface area is 79.2 Å². The number of nitrogens with one attached hydrogen (secondary N) is 1. The van der Waals surface area contributed by atoms with Gasteiger partial charge >= 0.3 is 0 Å². The summed E-state index contributed by atoms with van der Waals surface area (Å²) in [5.74, 6) is 1.74. The highest BCUT2D eigenvalue weighted by atomic mass is 15.2. The average molecular weight is 179 g/mol. The van der Waals surface area contributed by atoms with Crippen LogP contribution in [0.1, 0.15) is 26.0 Å². The average Bonchev–Trinajstić information content (AvgIpc) is 2.42. The minimum atomic E-state index is 0.592. The van der Waals surface area contributed by atoms with Crippen molar-refractivity contribution < 1.29 is 0 Å². The highest BCUT2D eigenvalue weighted by Gasteiger charge is 2.23. The first-order valence-electron chi connectivity index (χ1n) is 5.01. The summed E-state index contributed by atoms with van der Waals surface area (Å²) in [4.78, 5) is 4.44. The summed E-state index contributed by atoms with van der Waals surface area (Å²) >= 11 is 0. The molecule has 0 aromatic carbocycles. The van der Waals surface area contributed by atoms with Gasteiger partial charge in [0.1, 0.15) is 0 Å². The van der Waals surface area contributed by atoms with Gasteiger partial charge in [-0.25, -0.2) is 4.98 Å². The first-order chi connectivity index (χ1) is 6.20. The van der Waals surface area contributed by atoms with Crippen molar-refractivity contribution >= 4 is 5.95 Å². The zero-order valence-corrected chi connectivity index (χ0v) is 8.54. The molecule has 3 heteroatoms. The van der Waals surface area contributed by atoms with Crippen molar-refractivity contribution in [2.24, 2.45) is 5.92 Å². The van der Waals surface area contributed by atoms with Gasteiger partial charge in [0.2, 0.25) is 5.95 Å². The monoisotopic (exact) mass is 179 g/mol. The Bertz CT molecular complexity index is 303. The van der Waals surface area contributed by atoms with Gasteiger partial charge in [-0.15, -0.1) is 0 Å². The van der Waals surface area contributed by atoms with Crippen molar-refractivity contribution in [2.45, 2.75) is 39.8 Å². The predicted molar refractivity (Wildman–Crippen MR) is 53.8 cm³/mol. The summed E-state index contributed by atoms with van der Waals surface area (Å²) in [6, 6.07) is 0.592. The molecule has 0 aliphatic carbocycles. The molecular weight excluding hydrogens is 162 g/mol. The van der Waals surface area contributed by atoms with E-state index in [-0.39, 0.29) is 0 Å². The van der Waals surface area contributed by atoms with Crippen molar-refractivity contribution in [2.75, 3.05) is 5.32 Å². The molecule has 1 aliphatic heterocycles. The van der Waals surface area contributed by atoms with Gasteiger partial charge in [0.25, 0.3) is 0 Å². The van der Waals surface area contributed by atoms with E-state index in [2.05, 4.69) is 34.9 Å². The van der Waals surface area contributed by atoms with E-state index >= 15 is 0 Å². The number of imidazole rings is 1. The zero-order chi connectivity index (χ0) is 9.42. The molecule has 2 unspecified atom stereocenters. The normalized spacial score (nSPS) is 26.7. The predicted octanol–water partition coefficient (Wildman–Crippen LogP) is 2.03. The number of hydrogen-bond donors (Lipinski definition) is 1. The van der Waals surface area contributed by atoms with Gasteiger partial charge in [0.15, 0.2) is 0 Å². The van der Waals surface area contributed by atoms with E-state index in [0.717, 1.165) is 18.2 Å². The summed E-state index contributed by atoms with van der Waals surface area (Å²) in [5.41, 5.74) is 1.10. The zero-order valence-electron chi connectivity index (χ0n) is 8.54. The molecule has 0 saturated heterocycles. The Hall–Kier alpha value is -0.990. The number of fused-ring (bicyclic) bond motifs is 1. The number of anilines is 1. The Morgan fingerprint density at radius 2 is 2.46 bits per heavy atom. The highest BCUT2D eigenvalue weighted by Crippen LogP contribution is 2.23. The molecular formula is C10H17N3. The second kappa shape index (κ2) is 3.05. The van der Waals surface area contributed by atoms with Gasteiger partial charge in [0.05, 0.1) is 5.69 Å². The molecule has 2 heterocycles. The SMILES string of the molecule is CCC1Nc2nc(C)cn2CC1C. The maximum Gasteiger partial charge on any atom is 0.203 e. The minimum Gasteiger partial charge on any atom is -0.353 e. The smallest absolute Gasteiger partial charge is 0.203 e. The van der Waals surface area contributed by atoms with Crippen LogP contribution in [0, 0.1) is 12.8 Å². The third kappa shape index (κ3) is 1.43. The van der Waals surface area contributed by atoms with Crippen LogP contribution < -0.4 is 5.32 Å². The lowest BCUT2D eigenvalue weighted by atomic mass is 9.98. The lowest BCUT2D eigenvalue weighted by Crippen LogP contribution is -2.35. The Morgan fingerprint density at radius 3 is 3.15 bits per heavy atom. The molecule has 2 rings (SSSR count). The van der Waals surface area contributed by atoms with E-state index in [1.807, 2.05) is 6.92 Å². The van der Waals surface area contributed by atoms with Crippen molar-refractivity contribution in [3.05, 3.63) is 11.9 Å². The molecule has 72 valence electrons. The highest BCUT2D eigenvalue weighted by molar-refractivity contribution is 5.32. The van der Waals surface area contributed by atoms with Gasteiger partial charge in [-0.2, -0.15) is 0 Å². The Kier molecular flexibility index (Phi) is 2.02. The maximum atomic E-state index is 4.44. The van der Waals surface area contributed by atoms with Crippen molar-refractivity contribution in [3.8, 4) is 0 Å². The topological polar surface area (TPSA) is 29.9 Å². The van der Waals surface area contributed by atoms with E-state index in [9.17, 15) is 0 Å². The van der Waals surface area contributed by atoms with Crippen LogP contribution in [0.5, 0.6) is 0 Å². The fourth-order valence-corrected chi connectivity index (χ4v) is 2.05. The molecule has 1 aromatic rings. The molecule has 1 aromatic heterocycles. The van der Waals surface area contributed by atoms with Gasteiger partial charge in [0, 0.05) is 18.8 Å². The molecule has 0 saturated carbocycles. The van der Waals surface area contributed by atoms with E-state index < -0.39 is 0 Å². The largest absolute Gasteiger partial charge is 0.353 e. The summed E-state index contributed by atoms with van der Waals surface area (Å²) < 4.78 is 2.21. The molecule has 1 aliphatic rings. The first kappa shape index (κ1) is 8.60. The summed E-state index contributed by atoms with van der Waals surface area (Å²) in [5, 5.41) is 3.47. The van der Waals surface area contributed by atoms with Crippen LogP contribution in [0.3, 0.4) is 0 Å². The van der Waals surface area contributed by atoms with Gasteiger partial charge < -0.3 is 9.88 Å². The molecule has 0 amide bonds. The fourth-order valence-electron chi connectivity index (χ4n) is 2.05. The first-order valence-corrected chi connectivity index (χ1v) is 5.01. The van der Waals surface area contributed by atoms with Crippen LogP contribution in [0.4, 0.5) is 5.95 Å². The molecule has 0 bridgehead atoms. The molecule has 0 spiro atoms. The maximum absolute atomic E-state index is 4.44. The molecule has 3 nitrogen and oxygen atoms in total. The van der Waals surface area contributed by atoms with Crippen molar-refractivity contribution in [3.63, 3.8) is 0 Å². The van der Waals surface area contributed by atoms with E-state index in [0.29, 0.717) is 12.0 Å². The number of aryl methyl sites for hydroxylation is 1. The van der Waals surface area contributed by atoms with Crippen LogP contribution in [0.25, 0.3) is 0 Å². The quantitative estimate of drug-likeness (QED) is 0.715. The van der Waals surface area contributed by atoms with Crippen LogP contribution in [-0.4, -0.2) is 15.6 Å². The Morgan fingerprint density at radius 1 is 1.69 bits per heavy atom. The van der Waals surface area contributed by atoms with Gasteiger partial charge in [-0.05, 0) is 19.3 Å². The molecule has 0 radical (unpaired) electrons. The molecule has 13 heavy (non-hydrogen) atoms. The number of nitrogens with zero attached hydrogens (tertiary/aromatic N) is 2.